The van der Waals surface area contributed by atoms with Gasteiger partial charge in [0.25, 0.3) is 5.97 Å². The monoisotopic (exact) mass is 418 g/mol. The van der Waals surface area contributed by atoms with Gasteiger partial charge in [0, 0.05) is 32.3 Å². The molecule has 0 saturated heterocycles. The van der Waals surface area contributed by atoms with E-state index in [1.807, 2.05) is 12.3 Å². The number of carbonyl (C=O) groups is 1. The minimum Gasteiger partial charge on any atom is -0.481 e. The van der Waals surface area contributed by atoms with Crippen molar-refractivity contribution in [3.8, 4) is 0 Å². The Balaban J connectivity index is 0.00000192. The Morgan fingerprint density at radius 1 is 0.967 bits per heavy atom. The van der Waals surface area contributed by atoms with E-state index in [0.717, 1.165) is 19.9 Å². The third kappa shape index (κ3) is 19.5. The van der Waals surface area contributed by atoms with Gasteiger partial charge in [0.2, 0.25) is 0 Å². The van der Waals surface area contributed by atoms with Crippen LogP contribution in [0.4, 0.5) is 0 Å². The van der Waals surface area contributed by atoms with Gasteiger partial charge in [-0.2, -0.15) is 0 Å². The highest BCUT2D eigenvalue weighted by Gasteiger charge is 2.00. The highest BCUT2D eigenvalue weighted by atomic mass is 16.4. The molecule has 0 aliphatic rings. The van der Waals surface area contributed by atoms with Crippen molar-refractivity contribution >= 4 is 5.97 Å². The van der Waals surface area contributed by atoms with Crippen molar-refractivity contribution in [3.05, 3.63) is 43.0 Å². The van der Waals surface area contributed by atoms with Gasteiger partial charge in [-0.1, -0.05) is 82.9 Å². The highest BCUT2D eigenvalue weighted by Crippen LogP contribution is 2.11. The zero-order valence-corrected chi connectivity index (χ0v) is 19.7. The number of aryl methyl sites for hydroxylation is 1. The molecule has 1 rings (SSSR count). The molecule has 30 heavy (non-hydrogen) atoms. The summed E-state index contributed by atoms with van der Waals surface area (Å²) in [6, 6.07) is 0. The van der Waals surface area contributed by atoms with Gasteiger partial charge < -0.3 is 9.67 Å². The minimum atomic E-state index is -0.833. The number of rotatable bonds is 18. The molecule has 0 aromatic carbocycles. The van der Waals surface area contributed by atoms with Crippen LogP contribution in [0.15, 0.2) is 37.2 Å². The second-order valence-electron chi connectivity index (χ2n) is 7.99. The summed E-state index contributed by atoms with van der Waals surface area (Å²) in [6.45, 7) is 8.04. The molecule has 0 saturated carbocycles. The van der Waals surface area contributed by atoms with E-state index >= 15 is 0 Å². The van der Waals surface area contributed by atoms with E-state index in [-0.39, 0.29) is 0 Å². The van der Waals surface area contributed by atoms with Crippen LogP contribution in [0.25, 0.3) is 0 Å². The van der Waals surface area contributed by atoms with E-state index < -0.39 is 5.97 Å². The van der Waals surface area contributed by atoms with E-state index in [0.29, 0.717) is 0 Å². The van der Waals surface area contributed by atoms with Crippen molar-refractivity contribution in [1.29, 1.82) is 0 Å². The summed E-state index contributed by atoms with van der Waals surface area (Å²) in [6.07, 6.45) is 30.8. The van der Waals surface area contributed by atoms with Crippen LogP contribution >= 0.6 is 0 Å². The van der Waals surface area contributed by atoms with E-state index in [1.165, 1.54) is 95.7 Å². The summed E-state index contributed by atoms with van der Waals surface area (Å²) >= 11 is 0. The minimum absolute atomic E-state index is 0.833. The van der Waals surface area contributed by atoms with Crippen LogP contribution in [0.3, 0.4) is 0 Å². The van der Waals surface area contributed by atoms with Gasteiger partial charge in [-0.25, -0.2) is 4.98 Å². The van der Waals surface area contributed by atoms with Crippen molar-refractivity contribution in [1.82, 2.24) is 9.55 Å². The lowest BCUT2D eigenvalue weighted by Crippen LogP contribution is -2.01. The van der Waals surface area contributed by atoms with Crippen molar-refractivity contribution in [3.63, 3.8) is 0 Å². The van der Waals surface area contributed by atoms with Gasteiger partial charge in [0.1, 0.15) is 5.82 Å². The molecule has 0 aliphatic heterocycles. The number of imidazole rings is 1. The molecule has 1 aromatic heterocycles. The molecule has 0 radical (unpaired) electrons. The number of aliphatic carboxylic acids is 1. The summed E-state index contributed by atoms with van der Waals surface area (Å²) in [5.41, 5.74) is 0. The molecule has 0 fully saturated rings. The van der Waals surface area contributed by atoms with Crippen LogP contribution in [-0.4, -0.2) is 20.6 Å². The quantitative estimate of drug-likeness (QED) is 0.196. The molecule has 0 unspecified atom stereocenters. The molecule has 1 N–H and O–H groups in total. The fourth-order valence-corrected chi connectivity index (χ4v) is 3.40. The van der Waals surface area contributed by atoms with E-state index in [1.54, 1.807) is 0 Å². The van der Waals surface area contributed by atoms with E-state index in [2.05, 4.69) is 41.4 Å². The third-order valence-corrected chi connectivity index (χ3v) is 5.04. The molecule has 0 amide bonds. The van der Waals surface area contributed by atoms with Crippen LogP contribution in [0.5, 0.6) is 0 Å². The maximum Gasteiger partial charge on any atom is 0.300 e. The summed E-state index contributed by atoms with van der Waals surface area (Å²) < 4.78 is 2.20. The Hall–Kier alpha value is -1.84. The molecular weight excluding hydrogens is 372 g/mol. The maximum absolute atomic E-state index is 9.00. The van der Waals surface area contributed by atoms with Gasteiger partial charge in [-0.3, -0.25) is 4.79 Å². The predicted octanol–water partition coefficient (Wildman–Crippen LogP) is 7.74. The molecule has 1 heterocycles. The van der Waals surface area contributed by atoms with E-state index in [9.17, 15) is 0 Å². The first-order chi connectivity index (χ1) is 14.6. The first kappa shape index (κ1) is 28.2. The van der Waals surface area contributed by atoms with Crippen molar-refractivity contribution < 1.29 is 9.90 Å². The Morgan fingerprint density at radius 2 is 1.47 bits per heavy atom. The molecule has 172 valence electrons. The number of carboxylic acid groups (broad SMARTS) is 1. The lowest BCUT2D eigenvalue weighted by molar-refractivity contribution is -0.134. The molecule has 0 spiro atoms. The molecule has 0 aliphatic carbocycles. The Bertz CT molecular complexity index is 545. The number of hydrogen-bond acceptors (Lipinski definition) is 2. The second-order valence-corrected chi connectivity index (χ2v) is 7.99. The smallest absolute Gasteiger partial charge is 0.300 e. The fraction of sp³-hybridized carbons (Fsp3) is 0.692. The Kier molecular flexibility index (Phi) is 20.5. The largest absolute Gasteiger partial charge is 0.481 e. The number of hydrogen-bond donors (Lipinski definition) is 1. The van der Waals surface area contributed by atoms with Crippen LogP contribution in [0.2, 0.25) is 0 Å². The van der Waals surface area contributed by atoms with Crippen LogP contribution in [-0.2, 0) is 17.8 Å². The predicted molar refractivity (Wildman–Crippen MR) is 129 cm³/mol. The number of aromatic nitrogens is 2. The van der Waals surface area contributed by atoms with Gasteiger partial charge >= 0.3 is 0 Å². The first-order valence-electron chi connectivity index (χ1n) is 12.1. The second kappa shape index (κ2) is 21.9. The standard InChI is InChI=1S/C24H42N2.C2H4O2/c1-3-5-6-7-8-9-10-11-12-13-14-15-16-17-18-19-20-24-25-21-23-26(24)22-4-2;1-2(3)4/h4,11-12,21,23H,2-3,5-10,13-20,22H2,1H3;1H3,(H,3,4)/b12-11-;. The summed E-state index contributed by atoms with van der Waals surface area (Å²) in [4.78, 5) is 13.4. The van der Waals surface area contributed by atoms with Crippen LogP contribution in [0.1, 0.15) is 110 Å². The lowest BCUT2D eigenvalue weighted by Gasteiger charge is -2.05. The fourth-order valence-electron chi connectivity index (χ4n) is 3.40. The van der Waals surface area contributed by atoms with E-state index in [4.69, 9.17) is 9.90 Å². The van der Waals surface area contributed by atoms with Gasteiger partial charge in [-0.05, 0) is 32.1 Å². The summed E-state index contributed by atoms with van der Waals surface area (Å²) in [5, 5.41) is 7.42. The normalized spacial score (nSPS) is 10.7. The molecular formula is C26H46N2O2. The molecule has 1 aromatic rings. The molecule has 4 nitrogen and oxygen atoms in total. The average Bonchev–Trinajstić information content (AvgIpc) is 3.14. The number of nitrogens with zero attached hydrogens (tertiary/aromatic N) is 2. The molecule has 4 heteroatoms. The number of carboxylic acids is 1. The third-order valence-electron chi connectivity index (χ3n) is 5.04. The Labute approximate surface area is 185 Å². The maximum atomic E-state index is 9.00. The molecule has 0 bridgehead atoms. The van der Waals surface area contributed by atoms with Crippen molar-refractivity contribution in [2.75, 3.05) is 0 Å². The first-order valence-corrected chi connectivity index (χ1v) is 12.1. The summed E-state index contributed by atoms with van der Waals surface area (Å²) in [5.74, 6) is 0.375. The summed E-state index contributed by atoms with van der Waals surface area (Å²) in [7, 11) is 0. The number of allylic oxidation sites excluding steroid dienone is 3. The van der Waals surface area contributed by atoms with Gasteiger partial charge in [0.05, 0.1) is 0 Å². The average molecular weight is 419 g/mol. The number of unbranched alkanes of at least 4 members (excludes halogenated alkanes) is 12. The van der Waals surface area contributed by atoms with Crippen molar-refractivity contribution in [2.45, 2.75) is 117 Å². The topological polar surface area (TPSA) is 55.1 Å². The van der Waals surface area contributed by atoms with Crippen molar-refractivity contribution in [2.24, 2.45) is 0 Å². The lowest BCUT2D eigenvalue weighted by atomic mass is 10.1. The zero-order chi connectivity index (χ0) is 22.3. The highest BCUT2D eigenvalue weighted by molar-refractivity contribution is 5.62. The zero-order valence-electron chi connectivity index (χ0n) is 19.7. The molecule has 0 atom stereocenters. The van der Waals surface area contributed by atoms with Gasteiger partial charge in [0.15, 0.2) is 0 Å². The van der Waals surface area contributed by atoms with Crippen LogP contribution in [0, 0.1) is 0 Å². The SMILES string of the molecule is C=CCn1ccnc1CCCCCCCC/C=C\CCCCCCCC.CC(=O)O. The van der Waals surface area contributed by atoms with Crippen LogP contribution < -0.4 is 0 Å². The van der Waals surface area contributed by atoms with Gasteiger partial charge in [-0.15, -0.1) is 6.58 Å². The Morgan fingerprint density at radius 3 is 2.00 bits per heavy atom.